The summed E-state index contributed by atoms with van der Waals surface area (Å²) >= 11 is 0. The summed E-state index contributed by atoms with van der Waals surface area (Å²) < 4.78 is 19.6. The number of morpholine rings is 1. The fourth-order valence-corrected chi connectivity index (χ4v) is 8.67. The third kappa shape index (κ3) is 15.7. The molecule has 2 aliphatic rings. The predicted molar refractivity (Wildman–Crippen MR) is 302 cm³/mol. The van der Waals surface area contributed by atoms with Crippen molar-refractivity contribution in [2.45, 2.75) is 101 Å². The third-order valence-electron chi connectivity index (χ3n) is 13.2. The number of nitrogens with zero attached hydrogens (tertiary/aromatic N) is 11. The highest BCUT2D eigenvalue weighted by Gasteiger charge is 2.47. The number of oxime groups is 1. The first-order valence-electron chi connectivity index (χ1n) is 26.4. The molecule has 0 atom stereocenters. The average molecular weight is 1080 g/mol. The molecule has 2 saturated heterocycles. The lowest BCUT2D eigenvalue weighted by Crippen LogP contribution is -2.70. The van der Waals surface area contributed by atoms with Crippen LogP contribution in [0.3, 0.4) is 0 Å². The normalized spacial score (nSPS) is 13.9. The number of nitrogens with one attached hydrogen (secondary N) is 2. The van der Waals surface area contributed by atoms with Crippen molar-refractivity contribution in [1.82, 2.24) is 48.5 Å². The number of amides is 3. The van der Waals surface area contributed by atoms with Gasteiger partial charge in [0, 0.05) is 76.7 Å². The fraction of sp³-hybridized carbons (Fsp3) is 0.491. The van der Waals surface area contributed by atoms with Gasteiger partial charge in [0.05, 0.1) is 47.7 Å². The van der Waals surface area contributed by atoms with E-state index in [1.165, 1.54) is 13.3 Å². The van der Waals surface area contributed by atoms with Crippen LogP contribution in [-0.4, -0.2) is 157 Å². The van der Waals surface area contributed by atoms with Gasteiger partial charge in [-0.2, -0.15) is 10.2 Å². The summed E-state index contributed by atoms with van der Waals surface area (Å²) in [6.07, 6.45) is 7.74. The minimum Gasteiger partial charge on any atom is -0.491 e. The minimum absolute atomic E-state index is 0.0924. The van der Waals surface area contributed by atoms with Gasteiger partial charge in [-0.1, -0.05) is 45.0 Å². The van der Waals surface area contributed by atoms with E-state index in [1.54, 1.807) is 70.7 Å². The van der Waals surface area contributed by atoms with Crippen molar-refractivity contribution in [1.29, 1.82) is 0 Å². The molecule has 23 nitrogen and oxygen atoms in total. The van der Waals surface area contributed by atoms with Gasteiger partial charge in [-0.05, 0) is 102 Å². The topological polar surface area (TPSA) is 279 Å². The summed E-state index contributed by atoms with van der Waals surface area (Å²) in [6, 6.07) is 11.9. The Hall–Kier alpha value is -7.76. The maximum absolute atomic E-state index is 13.5. The molecule has 4 aromatic heterocycles. The lowest BCUT2D eigenvalue weighted by Gasteiger charge is -2.53. The number of carbonyl (C=O) groups is 5. The first kappa shape index (κ1) is 61.1. The summed E-state index contributed by atoms with van der Waals surface area (Å²) in [4.78, 5) is 78.8. The number of primary amides is 1. The van der Waals surface area contributed by atoms with Gasteiger partial charge in [0.2, 0.25) is 17.8 Å². The highest BCUT2D eigenvalue weighted by Crippen LogP contribution is 2.32. The maximum atomic E-state index is 13.5. The third-order valence-corrected chi connectivity index (χ3v) is 13.2. The number of ether oxygens (including phenoxy) is 2. The highest BCUT2D eigenvalue weighted by atomic mass is 16.6. The number of aryl methyl sites for hydroxylation is 4. The molecule has 422 valence electrons. The second-order valence-electron chi connectivity index (χ2n) is 19.4. The zero-order valence-corrected chi connectivity index (χ0v) is 47.1. The van der Waals surface area contributed by atoms with Crippen LogP contribution in [0.25, 0.3) is 22.1 Å². The van der Waals surface area contributed by atoms with Gasteiger partial charge in [0.25, 0.3) is 11.8 Å². The Bertz CT molecular complexity index is 3030. The van der Waals surface area contributed by atoms with Crippen molar-refractivity contribution in [3.8, 4) is 5.75 Å². The molecule has 1 spiro atoms. The Morgan fingerprint density at radius 2 is 1.53 bits per heavy atom. The molecule has 2 fully saturated rings. The highest BCUT2D eigenvalue weighted by molar-refractivity contribution is 6.03. The molecule has 6 heterocycles. The van der Waals surface area contributed by atoms with Crippen molar-refractivity contribution in [2.24, 2.45) is 28.5 Å². The molecule has 2 aliphatic heterocycles. The van der Waals surface area contributed by atoms with Gasteiger partial charge in [0.15, 0.2) is 12.9 Å². The van der Waals surface area contributed by atoms with Gasteiger partial charge in [0.1, 0.15) is 34.5 Å². The molecule has 6 N–H and O–H groups in total. The summed E-state index contributed by atoms with van der Waals surface area (Å²) in [6.45, 7) is 24.3. The average Bonchev–Trinajstić information content (AvgIpc) is 4.22. The largest absolute Gasteiger partial charge is 0.491 e. The van der Waals surface area contributed by atoms with E-state index in [4.69, 9.17) is 25.0 Å². The smallest absolute Gasteiger partial charge is 0.276 e. The molecule has 0 saturated carbocycles. The summed E-state index contributed by atoms with van der Waals surface area (Å²) in [7, 11) is 3.28. The monoisotopic (exact) mass is 1080 g/mol. The van der Waals surface area contributed by atoms with E-state index in [2.05, 4.69) is 69.3 Å². The van der Waals surface area contributed by atoms with Crippen LogP contribution < -0.4 is 26.8 Å². The molecular weight excluding hydrogens is 999 g/mol. The second kappa shape index (κ2) is 29.1. The molecule has 23 heteroatoms. The molecule has 6 aromatic rings. The molecular formula is C55H79N15O8. The second-order valence-corrected chi connectivity index (χ2v) is 19.4. The van der Waals surface area contributed by atoms with Crippen LogP contribution in [0.5, 0.6) is 5.75 Å². The van der Waals surface area contributed by atoms with Crippen LogP contribution in [0.2, 0.25) is 0 Å². The zero-order chi connectivity index (χ0) is 57.1. The zero-order valence-electron chi connectivity index (χ0n) is 47.1. The number of aldehydes is 2. The lowest BCUT2D eigenvalue weighted by atomic mass is 9.91. The Morgan fingerprint density at radius 1 is 0.859 bits per heavy atom. The standard InChI is InChI=1S/C41H50N12O7.C7H10N2O.C6H14.CH5N/c1-5-44-60-23-35(55)50-15-17-59-41(26-50)24-49(25-41)12-9-16-58-34-20-28(22-54)19-31-36(34)52(39(43-4)46-31)14-8-7-13-51-32-11-10-29(37(42)56)21-30(32)45-40(51)47-38(57)33-18-27(3)48-53(33)6-2;1-3-9-7(5-10)4-6(2)8-9;1-5(2)6(3)4;1-2/h5,7-8,10-11,18-22H,6,9,12-17,23-26H2,1-4H3,(H2,42,56)(H,43,46)(H,45,47,57);4-5H,3H2,1-2H3;5-6H,1-4H3;2H2,1H3/b8-7+,44-5-;;;. The van der Waals surface area contributed by atoms with Crippen molar-refractivity contribution in [2.75, 3.05) is 77.3 Å². The maximum Gasteiger partial charge on any atom is 0.276 e. The van der Waals surface area contributed by atoms with Gasteiger partial charge < -0.3 is 45.1 Å². The van der Waals surface area contributed by atoms with Crippen molar-refractivity contribution in [3.63, 3.8) is 0 Å². The van der Waals surface area contributed by atoms with E-state index >= 15 is 0 Å². The van der Waals surface area contributed by atoms with Crippen molar-refractivity contribution >= 4 is 70.5 Å². The molecule has 8 rings (SSSR count). The van der Waals surface area contributed by atoms with E-state index in [1.807, 2.05) is 49.0 Å². The van der Waals surface area contributed by atoms with Gasteiger partial charge in [-0.15, -0.1) is 0 Å². The first-order chi connectivity index (χ1) is 37.5. The number of likely N-dealkylation sites (tertiary alicyclic amines) is 1. The van der Waals surface area contributed by atoms with E-state index in [9.17, 15) is 24.0 Å². The van der Waals surface area contributed by atoms with E-state index in [-0.39, 0.29) is 24.0 Å². The summed E-state index contributed by atoms with van der Waals surface area (Å²) in [5.74, 6) is 2.07. The number of aromatic nitrogens is 8. The first-order valence-corrected chi connectivity index (χ1v) is 26.4. The van der Waals surface area contributed by atoms with Crippen LogP contribution in [0.4, 0.5) is 11.9 Å². The lowest BCUT2D eigenvalue weighted by molar-refractivity contribution is -0.190. The summed E-state index contributed by atoms with van der Waals surface area (Å²) in [5.41, 5.74) is 15.6. The number of fused-ring (bicyclic) bond motifs is 2. The molecule has 78 heavy (non-hydrogen) atoms. The molecule has 2 aromatic carbocycles. The Morgan fingerprint density at radius 3 is 2.14 bits per heavy atom. The van der Waals surface area contributed by atoms with Crippen LogP contribution in [-0.2, 0) is 40.5 Å². The number of rotatable bonds is 21. The van der Waals surface area contributed by atoms with Gasteiger partial charge >= 0.3 is 0 Å². The number of nitrogens with two attached hydrogens (primary N) is 2. The van der Waals surface area contributed by atoms with E-state index < -0.39 is 5.91 Å². The van der Waals surface area contributed by atoms with Gasteiger partial charge in [-0.3, -0.25) is 43.6 Å². The number of anilines is 2. The van der Waals surface area contributed by atoms with Crippen LogP contribution in [0, 0.1) is 25.7 Å². The predicted octanol–water partition coefficient (Wildman–Crippen LogP) is 5.97. The number of imidazole rings is 2. The quantitative estimate of drug-likeness (QED) is 0.0212. The molecule has 3 amide bonds. The Kier molecular flexibility index (Phi) is 22.8. The van der Waals surface area contributed by atoms with Gasteiger partial charge in [-0.25, -0.2) is 9.97 Å². The minimum atomic E-state index is -0.581. The van der Waals surface area contributed by atoms with E-state index in [0.717, 1.165) is 60.8 Å². The Labute approximate surface area is 456 Å². The number of hydrogen-bond acceptors (Lipinski definition) is 16. The fourth-order valence-electron chi connectivity index (χ4n) is 8.67. The molecule has 0 bridgehead atoms. The molecule has 0 unspecified atom stereocenters. The van der Waals surface area contributed by atoms with Crippen molar-refractivity contribution < 1.29 is 38.3 Å². The molecule has 0 aliphatic carbocycles. The number of allylic oxidation sites excluding steroid dienone is 2. The number of benzene rings is 2. The van der Waals surface area contributed by atoms with E-state index in [0.29, 0.717) is 116 Å². The molecule has 0 radical (unpaired) electrons. The van der Waals surface area contributed by atoms with Crippen LogP contribution >= 0.6 is 0 Å². The SMILES string of the molecule is C/C=N\OCC(=O)N1CCOC2(CN(CCCOc3cc(C=O)cc4nc(NC)n(C/C=C/Cn5c(NC(=O)c6cc(C)nn6CC)nc6cc(C(N)=O)ccc65)c34)C2)C1.CC(C)C(C)C.CCn1nc(C)cc1C=O.CN. The Balaban J connectivity index is 0.000000532. The summed E-state index contributed by atoms with van der Waals surface area (Å²) in [5, 5.41) is 18.2. The number of carbonyl (C=O) groups excluding carboxylic acids is 5. The van der Waals surface area contributed by atoms with Crippen LogP contribution in [0.15, 0.2) is 59.8 Å². The van der Waals surface area contributed by atoms with Crippen LogP contribution in [0.1, 0.15) is 108 Å². The number of hydrogen-bond donors (Lipinski definition) is 4. The van der Waals surface area contributed by atoms with Crippen molar-refractivity contribution in [3.05, 3.63) is 88.5 Å².